The fraction of sp³-hybridized carbons (Fsp3) is 0.400. The fourth-order valence-electron chi connectivity index (χ4n) is 2.64. The molecule has 112 valence electrons. The molecule has 0 fully saturated rings. The van der Waals surface area contributed by atoms with E-state index in [1.807, 2.05) is 0 Å². The summed E-state index contributed by atoms with van der Waals surface area (Å²) in [4.78, 5) is 0. The predicted octanol–water partition coefficient (Wildman–Crippen LogP) is 4.54. The van der Waals surface area contributed by atoms with Gasteiger partial charge in [-0.2, -0.15) is 0 Å². The van der Waals surface area contributed by atoms with Gasteiger partial charge in [0.15, 0.2) is 0 Å². The second kappa shape index (κ2) is 9.36. The zero-order valence-corrected chi connectivity index (χ0v) is 13.1. The Hall–Kier alpha value is -1.60. The van der Waals surface area contributed by atoms with Gasteiger partial charge in [0, 0.05) is 0 Å². The molecular formula is C20H27N. The number of unbranched alkanes of at least 4 members (excludes halogenated alkanes) is 2. The number of rotatable bonds is 9. The summed E-state index contributed by atoms with van der Waals surface area (Å²) >= 11 is 0. The molecule has 0 aliphatic carbocycles. The molecule has 2 aromatic carbocycles. The van der Waals surface area contributed by atoms with Crippen molar-refractivity contribution in [3.05, 3.63) is 71.3 Å². The highest BCUT2D eigenvalue weighted by molar-refractivity contribution is 5.25. The maximum atomic E-state index is 3.56. The maximum absolute atomic E-state index is 3.56. The largest absolute Gasteiger partial charge is 0.316 e. The molecule has 2 rings (SSSR count). The molecule has 0 bridgehead atoms. The van der Waals surface area contributed by atoms with Crippen LogP contribution < -0.4 is 5.32 Å². The highest BCUT2D eigenvalue weighted by Gasteiger charge is 1.97. The van der Waals surface area contributed by atoms with Crippen LogP contribution in [0.5, 0.6) is 0 Å². The molecule has 0 saturated heterocycles. The summed E-state index contributed by atoms with van der Waals surface area (Å²) in [6.07, 6.45) is 6.23. The van der Waals surface area contributed by atoms with Gasteiger partial charge in [0.2, 0.25) is 0 Å². The van der Waals surface area contributed by atoms with E-state index >= 15 is 0 Å². The van der Waals surface area contributed by atoms with Crippen LogP contribution in [0, 0.1) is 6.92 Å². The Morgan fingerprint density at radius 2 is 1.48 bits per heavy atom. The van der Waals surface area contributed by atoms with E-state index < -0.39 is 0 Å². The molecule has 1 N–H and O–H groups in total. The SMILES string of the molecule is Cc1ccccc1CCNCCCCCc1ccccc1. The monoisotopic (exact) mass is 281 g/mol. The molecule has 0 spiro atoms. The van der Waals surface area contributed by atoms with E-state index in [0.29, 0.717) is 0 Å². The van der Waals surface area contributed by atoms with Crippen LogP contribution in [-0.4, -0.2) is 13.1 Å². The van der Waals surface area contributed by atoms with E-state index in [1.165, 1.54) is 42.4 Å². The topological polar surface area (TPSA) is 12.0 Å². The molecule has 0 aliphatic heterocycles. The summed E-state index contributed by atoms with van der Waals surface area (Å²) in [6.45, 7) is 4.42. The van der Waals surface area contributed by atoms with Gasteiger partial charge in [0.1, 0.15) is 0 Å². The lowest BCUT2D eigenvalue weighted by Gasteiger charge is -2.07. The Morgan fingerprint density at radius 1 is 0.714 bits per heavy atom. The van der Waals surface area contributed by atoms with Gasteiger partial charge in [-0.3, -0.25) is 0 Å². The molecule has 0 aliphatic rings. The molecule has 0 amide bonds. The molecule has 0 saturated carbocycles. The second-order valence-corrected chi connectivity index (χ2v) is 5.72. The third kappa shape index (κ3) is 6.14. The van der Waals surface area contributed by atoms with Crippen molar-refractivity contribution >= 4 is 0 Å². The molecule has 1 nitrogen and oxygen atoms in total. The van der Waals surface area contributed by atoms with E-state index in [0.717, 1.165) is 19.5 Å². The molecule has 0 unspecified atom stereocenters. The zero-order valence-electron chi connectivity index (χ0n) is 13.1. The predicted molar refractivity (Wildman–Crippen MR) is 91.7 cm³/mol. The highest BCUT2D eigenvalue weighted by atomic mass is 14.8. The summed E-state index contributed by atoms with van der Waals surface area (Å²) in [5.74, 6) is 0. The minimum atomic E-state index is 1.09. The Balaban J connectivity index is 1.48. The number of nitrogens with one attached hydrogen (secondary N) is 1. The Bertz CT molecular complexity index is 504. The average molecular weight is 281 g/mol. The smallest absolute Gasteiger partial charge is 0.000825 e. The van der Waals surface area contributed by atoms with Crippen molar-refractivity contribution in [2.75, 3.05) is 13.1 Å². The van der Waals surface area contributed by atoms with Crippen molar-refractivity contribution in [3.8, 4) is 0 Å². The van der Waals surface area contributed by atoms with Crippen molar-refractivity contribution in [1.82, 2.24) is 5.32 Å². The third-order valence-corrected chi connectivity index (χ3v) is 3.99. The quantitative estimate of drug-likeness (QED) is 0.665. The molecule has 2 aromatic rings. The van der Waals surface area contributed by atoms with Crippen LogP contribution in [0.15, 0.2) is 54.6 Å². The summed E-state index contributed by atoms with van der Waals surface area (Å²) in [7, 11) is 0. The van der Waals surface area contributed by atoms with Crippen LogP contribution in [-0.2, 0) is 12.8 Å². The third-order valence-electron chi connectivity index (χ3n) is 3.99. The van der Waals surface area contributed by atoms with Crippen LogP contribution in [0.1, 0.15) is 36.0 Å². The summed E-state index contributed by atoms with van der Waals surface area (Å²) in [5.41, 5.74) is 4.33. The van der Waals surface area contributed by atoms with Crippen LogP contribution in [0.4, 0.5) is 0 Å². The summed E-state index contributed by atoms with van der Waals surface area (Å²) in [5, 5.41) is 3.56. The molecule has 0 heterocycles. The number of hydrogen-bond acceptors (Lipinski definition) is 1. The van der Waals surface area contributed by atoms with Crippen LogP contribution in [0.2, 0.25) is 0 Å². The summed E-state index contributed by atoms with van der Waals surface area (Å²) < 4.78 is 0. The summed E-state index contributed by atoms with van der Waals surface area (Å²) in [6, 6.07) is 19.5. The van der Waals surface area contributed by atoms with E-state index in [1.54, 1.807) is 0 Å². The Labute approximate surface area is 129 Å². The van der Waals surface area contributed by atoms with Gasteiger partial charge in [0.05, 0.1) is 0 Å². The number of hydrogen-bond donors (Lipinski definition) is 1. The van der Waals surface area contributed by atoms with Crippen LogP contribution in [0.25, 0.3) is 0 Å². The average Bonchev–Trinajstić information content (AvgIpc) is 2.52. The van der Waals surface area contributed by atoms with E-state index in [9.17, 15) is 0 Å². The van der Waals surface area contributed by atoms with Gasteiger partial charge >= 0.3 is 0 Å². The molecule has 0 aromatic heterocycles. The van der Waals surface area contributed by atoms with Crippen molar-refractivity contribution in [2.45, 2.75) is 39.0 Å². The lowest BCUT2D eigenvalue weighted by molar-refractivity contribution is 0.603. The Morgan fingerprint density at radius 3 is 2.29 bits per heavy atom. The zero-order chi connectivity index (χ0) is 14.8. The molecule has 1 heteroatoms. The van der Waals surface area contributed by atoms with Gasteiger partial charge in [-0.15, -0.1) is 0 Å². The van der Waals surface area contributed by atoms with E-state index in [2.05, 4.69) is 66.8 Å². The van der Waals surface area contributed by atoms with Crippen molar-refractivity contribution < 1.29 is 0 Å². The highest BCUT2D eigenvalue weighted by Crippen LogP contribution is 2.07. The van der Waals surface area contributed by atoms with Gasteiger partial charge in [0.25, 0.3) is 0 Å². The molecule has 21 heavy (non-hydrogen) atoms. The van der Waals surface area contributed by atoms with Gasteiger partial charge in [-0.1, -0.05) is 61.0 Å². The van der Waals surface area contributed by atoms with Crippen molar-refractivity contribution in [3.63, 3.8) is 0 Å². The lowest BCUT2D eigenvalue weighted by Crippen LogP contribution is -2.18. The first-order chi connectivity index (χ1) is 10.4. The van der Waals surface area contributed by atoms with E-state index in [4.69, 9.17) is 0 Å². The van der Waals surface area contributed by atoms with Gasteiger partial charge < -0.3 is 5.32 Å². The maximum Gasteiger partial charge on any atom is -0.000825 e. The minimum Gasteiger partial charge on any atom is -0.316 e. The first kappa shape index (κ1) is 15.8. The second-order valence-electron chi connectivity index (χ2n) is 5.72. The minimum absolute atomic E-state index is 1.09. The number of aryl methyl sites for hydroxylation is 2. The molecule has 0 atom stereocenters. The number of benzene rings is 2. The lowest BCUT2D eigenvalue weighted by atomic mass is 10.1. The Kier molecular flexibility index (Phi) is 7.03. The van der Waals surface area contributed by atoms with E-state index in [-0.39, 0.29) is 0 Å². The first-order valence-corrected chi connectivity index (χ1v) is 8.15. The van der Waals surface area contributed by atoms with Gasteiger partial charge in [-0.05, 0) is 62.4 Å². The standard InChI is InChI=1S/C20H27N/c1-18-10-7-8-14-20(18)15-17-21-16-9-3-6-13-19-11-4-2-5-12-19/h2,4-5,7-8,10-12,14,21H,3,6,9,13,15-17H2,1H3. The van der Waals surface area contributed by atoms with Crippen LogP contribution in [0.3, 0.4) is 0 Å². The molecule has 0 radical (unpaired) electrons. The fourth-order valence-corrected chi connectivity index (χ4v) is 2.64. The van der Waals surface area contributed by atoms with Crippen LogP contribution >= 0.6 is 0 Å². The molecular weight excluding hydrogens is 254 g/mol. The first-order valence-electron chi connectivity index (χ1n) is 8.15. The van der Waals surface area contributed by atoms with Gasteiger partial charge in [-0.25, -0.2) is 0 Å². The van der Waals surface area contributed by atoms with Crippen molar-refractivity contribution in [1.29, 1.82) is 0 Å². The normalized spacial score (nSPS) is 10.7. The van der Waals surface area contributed by atoms with Crippen molar-refractivity contribution in [2.24, 2.45) is 0 Å².